The highest BCUT2D eigenvalue weighted by molar-refractivity contribution is 7.09. The van der Waals surface area contributed by atoms with E-state index < -0.39 is 0 Å². The van der Waals surface area contributed by atoms with Gasteiger partial charge in [0.05, 0.1) is 6.54 Å². The van der Waals surface area contributed by atoms with Crippen LogP contribution in [-0.4, -0.2) is 20.4 Å². The molecule has 0 N–H and O–H groups in total. The molecule has 4 rings (SSSR count). The standard InChI is InChI=1S/C21H19N3OS/c1-23-18-10-6-5-9-17(18)13-19(23)21(25)24(15-20-22-11-12-26-20)14-16-7-3-2-4-8-16/h2-13H,14-15H2,1H3. The lowest BCUT2D eigenvalue weighted by Gasteiger charge is -2.22. The maximum absolute atomic E-state index is 13.3. The number of aromatic nitrogens is 2. The molecule has 0 saturated carbocycles. The molecule has 4 aromatic rings. The minimum atomic E-state index is 0.0164. The zero-order valence-electron chi connectivity index (χ0n) is 14.5. The molecule has 0 fully saturated rings. The van der Waals surface area contributed by atoms with Gasteiger partial charge < -0.3 is 9.47 Å². The highest BCUT2D eigenvalue weighted by atomic mass is 32.1. The van der Waals surface area contributed by atoms with E-state index in [0.717, 1.165) is 21.5 Å². The number of thiazole rings is 1. The molecule has 2 aromatic heterocycles. The number of hydrogen-bond acceptors (Lipinski definition) is 3. The minimum absolute atomic E-state index is 0.0164. The summed E-state index contributed by atoms with van der Waals surface area (Å²) < 4.78 is 1.97. The molecular formula is C21H19N3OS. The van der Waals surface area contributed by atoms with Gasteiger partial charge in [0.25, 0.3) is 5.91 Å². The Hall–Kier alpha value is -2.92. The summed E-state index contributed by atoms with van der Waals surface area (Å²) in [6, 6.07) is 20.1. The average Bonchev–Trinajstić information content (AvgIpc) is 3.30. The van der Waals surface area contributed by atoms with Crippen LogP contribution in [0.4, 0.5) is 0 Å². The van der Waals surface area contributed by atoms with E-state index in [1.807, 2.05) is 82.6 Å². The predicted molar refractivity (Wildman–Crippen MR) is 105 cm³/mol. The fraction of sp³-hybridized carbons (Fsp3) is 0.143. The summed E-state index contributed by atoms with van der Waals surface area (Å²) >= 11 is 1.57. The van der Waals surface area contributed by atoms with Gasteiger partial charge in [-0.05, 0) is 17.7 Å². The quantitative estimate of drug-likeness (QED) is 0.526. The number of carbonyl (C=O) groups excluding carboxylic acids is 1. The largest absolute Gasteiger partial charge is 0.340 e. The lowest BCUT2D eigenvalue weighted by atomic mass is 10.2. The van der Waals surface area contributed by atoms with Crippen molar-refractivity contribution < 1.29 is 4.79 Å². The molecule has 0 aliphatic rings. The van der Waals surface area contributed by atoms with Gasteiger partial charge in [-0.25, -0.2) is 4.98 Å². The zero-order valence-corrected chi connectivity index (χ0v) is 15.3. The normalized spacial score (nSPS) is 11.0. The first-order valence-corrected chi connectivity index (χ1v) is 9.36. The summed E-state index contributed by atoms with van der Waals surface area (Å²) in [5, 5.41) is 3.96. The Labute approximate surface area is 156 Å². The third-order valence-electron chi connectivity index (χ3n) is 4.48. The van der Waals surface area contributed by atoms with Crippen molar-refractivity contribution in [1.82, 2.24) is 14.5 Å². The second-order valence-corrected chi connectivity index (χ2v) is 7.20. The zero-order chi connectivity index (χ0) is 17.9. The number of rotatable bonds is 5. The van der Waals surface area contributed by atoms with E-state index in [1.165, 1.54) is 0 Å². The third kappa shape index (κ3) is 3.26. The van der Waals surface area contributed by atoms with Crippen molar-refractivity contribution in [3.63, 3.8) is 0 Å². The van der Waals surface area contributed by atoms with E-state index in [0.29, 0.717) is 18.8 Å². The Bertz CT molecular complexity index is 1020. The van der Waals surface area contributed by atoms with E-state index in [2.05, 4.69) is 4.98 Å². The predicted octanol–water partition coefficient (Wildman–Crippen LogP) is 4.48. The lowest BCUT2D eigenvalue weighted by Crippen LogP contribution is -2.31. The number of para-hydroxylation sites is 1. The van der Waals surface area contributed by atoms with Crippen LogP contribution in [0.1, 0.15) is 21.1 Å². The van der Waals surface area contributed by atoms with Crippen molar-refractivity contribution in [2.45, 2.75) is 13.1 Å². The Balaban J connectivity index is 1.69. The van der Waals surface area contributed by atoms with Crippen molar-refractivity contribution in [3.05, 3.63) is 88.5 Å². The molecule has 0 aliphatic heterocycles. The van der Waals surface area contributed by atoms with Crippen molar-refractivity contribution in [2.75, 3.05) is 0 Å². The lowest BCUT2D eigenvalue weighted by molar-refractivity contribution is 0.0720. The summed E-state index contributed by atoms with van der Waals surface area (Å²) in [4.78, 5) is 19.6. The first-order valence-electron chi connectivity index (χ1n) is 8.48. The van der Waals surface area contributed by atoms with Crippen LogP contribution in [0.25, 0.3) is 10.9 Å². The number of hydrogen-bond donors (Lipinski definition) is 0. The maximum Gasteiger partial charge on any atom is 0.271 e. The van der Waals surface area contributed by atoms with E-state index in [9.17, 15) is 4.79 Å². The number of amides is 1. The molecule has 0 aliphatic carbocycles. The molecular weight excluding hydrogens is 342 g/mol. The highest BCUT2D eigenvalue weighted by Crippen LogP contribution is 2.22. The van der Waals surface area contributed by atoms with Crippen molar-refractivity contribution >= 4 is 28.1 Å². The minimum Gasteiger partial charge on any atom is -0.340 e. The molecule has 0 radical (unpaired) electrons. The van der Waals surface area contributed by atoms with Gasteiger partial charge in [0.15, 0.2) is 0 Å². The highest BCUT2D eigenvalue weighted by Gasteiger charge is 2.21. The summed E-state index contributed by atoms with van der Waals surface area (Å²) in [5.41, 5.74) is 2.86. The summed E-state index contributed by atoms with van der Waals surface area (Å²) in [6.45, 7) is 1.06. The van der Waals surface area contributed by atoms with Crippen LogP contribution in [0.3, 0.4) is 0 Å². The van der Waals surface area contributed by atoms with Gasteiger partial charge >= 0.3 is 0 Å². The SMILES string of the molecule is Cn1c(C(=O)N(Cc2ccccc2)Cc2nccs2)cc2ccccc21. The number of aryl methyl sites for hydroxylation is 1. The Morgan fingerprint density at radius 1 is 1.08 bits per heavy atom. The Morgan fingerprint density at radius 3 is 2.58 bits per heavy atom. The van der Waals surface area contributed by atoms with Gasteiger partial charge in [-0.1, -0.05) is 48.5 Å². The van der Waals surface area contributed by atoms with Crippen molar-refractivity contribution in [2.24, 2.45) is 7.05 Å². The third-order valence-corrected chi connectivity index (χ3v) is 5.25. The number of nitrogens with zero attached hydrogens (tertiary/aromatic N) is 3. The smallest absolute Gasteiger partial charge is 0.271 e. The summed E-state index contributed by atoms with van der Waals surface area (Å²) in [7, 11) is 1.94. The molecule has 2 heterocycles. The molecule has 26 heavy (non-hydrogen) atoms. The number of benzene rings is 2. The van der Waals surface area contributed by atoms with Gasteiger partial charge in [-0.2, -0.15) is 0 Å². The maximum atomic E-state index is 13.3. The molecule has 0 bridgehead atoms. The van der Waals surface area contributed by atoms with E-state index in [-0.39, 0.29) is 5.91 Å². The van der Waals surface area contributed by atoms with Crippen LogP contribution in [0.15, 0.2) is 72.2 Å². The summed E-state index contributed by atoms with van der Waals surface area (Å²) in [6.07, 6.45) is 1.78. The van der Waals surface area contributed by atoms with E-state index in [4.69, 9.17) is 0 Å². The van der Waals surface area contributed by atoms with Crippen molar-refractivity contribution in [3.8, 4) is 0 Å². The average molecular weight is 361 g/mol. The van der Waals surface area contributed by atoms with Crippen LogP contribution in [-0.2, 0) is 20.1 Å². The van der Waals surface area contributed by atoms with E-state index >= 15 is 0 Å². The molecule has 5 heteroatoms. The van der Waals surface area contributed by atoms with Gasteiger partial charge in [0.2, 0.25) is 0 Å². The van der Waals surface area contributed by atoms with Crippen LogP contribution >= 0.6 is 11.3 Å². The second kappa shape index (κ2) is 7.14. The van der Waals surface area contributed by atoms with Gasteiger partial charge in [0, 0.05) is 36.1 Å². The fourth-order valence-corrected chi connectivity index (χ4v) is 3.78. The number of fused-ring (bicyclic) bond motifs is 1. The Morgan fingerprint density at radius 2 is 1.85 bits per heavy atom. The van der Waals surface area contributed by atoms with Crippen molar-refractivity contribution in [1.29, 1.82) is 0 Å². The molecule has 130 valence electrons. The second-order valence-electron chi connectivity index (χ2n) is 6.22. The molecule has 0 spiro atoms. The molecule has 0 atom stereocenters. The molecule has 1 amide bonds. The molecule has 0 unspecified atom stereocenters. The van der Waals surface area contributed by atoms with Crippen LogP contribution in [0.2, 0.25) is 0 Å². The van der Waals surface area contributed by atoms with Crippen LogP contribution in [0, 0.1) is 0 Å². The Kier molecular flexibility index (Phi) is 4.54. The van der Waals surface area contributed by atoms with Gasteiger partial charge in [-0.15, -0.1) is 11.3 Å². The first-order chi connectivity index (χ1) is 12.7. The molecule has 0 saturated heterocycles. The van der Waals surface area contributed by atoms with Gasteiger partial charge in [-0.3, -0.25) is 4.79 Å². The molecule has 2 aromatic carbocycles. The molecule has 4 nitrogen and oxygen atoms in total. The first kappa shape index (κ1) is 16.5. The topological polar surface area (TPSA) is 38.1 Å². The number of carbonyl (C=O) groups is 1. The van der Waals surface area contributed by atoms with Crippen LogP contribution < -0.4 is 0 Å². The van der Waals surface area contributed by atoms with Gasteiger partial charge in [0.1, 0.15) is 10.7 Å². The van der Waals surface area contributed by atoms with Crippen LogP contribution in [0.5, 0.6) is 0 Å². The summed E-state index contributed by atoms with van der Waals surface area (Å²) in [5.74, 6) is 0.0164. The monoisotopic (exact) mass is 361 g/mol. The van der Waals surface area contributed by atoms with E-state index in [1.54, 1.807) is 17.5 Å². The fourth-order valence-electron chi connectivity index (χ4n) is 3.15.